The maximum atomic E-state index is 5.99. The maximum Gasteiger partial charge on any atom is 0.0386 e. The third kappa shape index (κ3) is 1.39. The Bertz CT molecular complexity index is 189. The fourth-order valence-corrected chi connectivity index (χ4v) is 1.59. The van der Waals surface area contributed by atoms with Crippen LogP contribution in [0, 0.1) is 0 Å². The lowest BCUT2D eigenvalue weighted by Gasteiger charge is -2.20. The van der Waals surface area contributed by atoms with Crippen LogP contribution in [0.25, 0.3) is 0 Å². The zero-order valence-corrected chi connectivity index (χ0v) is 7.24. The first-order valence-corrected chi connectivity index (χ1v) is 4.42. The van der Waals surface area contributed by atoms with Crippen molar-refractivity contribution in [1.82, 2.24) is 0 Å². The van der Waals surface area contributed by atoms with Crippen molar-refractivity contribution in [3.8, 4) is 0 Å². The Morgan fingerprint density at radius 1 is 1.70 bits per heavy atom. The van der Waals surface area contributed by atoms with Crippen molar-refractivity contribution in [2.45, 2.75) is 25.8 Å². The normalized spacial score (nSPS) is 16.7. The minimum Gasteiger partial charge on any atom is -0.322 e. The third-order valence-corrected chi connectivity index (χ3v) is 2.60. The van der Waals surface area contributed by atoms with Gasteiger partial charge in [0.15, 0.2) is 0 Å². The monoisotopic (exact) mass is 155 g/mol. The van der Waals surface area contributed by atoms with Gasteiger partial charge in [-0.25, -0.2) is 0 Å². The minimum absolute atomic E-state index is 0.125. The predicted octanol–water partition coefficient (Wildman–Crippen LogP) is 2.33. The molecule has 10 heavy (non-hydrogen) atoms. The largest absolute Gasteiger partial charge is 0.322 e. The average Bonchev–Trinajstić information content (AvgIpc) is 2.38. The molecule has 1 heterocycles. The molecular formula is C8H13NS. The van der Waals surface area contributed by atoms with E-state index in [0.29, 0.717) is 0 Å². The van der Waals surface area contributed by atoms with Crippen LogP contribution in [0.5, 0.6) is 0 Å². The van der Waals surface area contributed by atoms with E-state index in [1.54, 1.807) is 11.3 Å². The Morgan fingerprint density at radius 2 is 2.40 bits per heavy atom. The number of thiophene rings is 1. The van der Waals surface area contributed by atoms with Crippen molar-refractivity contribution in [2.24, 2.45) is 5.73 Å². The summed E-state index contributed by atoms with van der Waals surface area (Å²) in [5, 5.41) is 4.18. The summed E-state index contributed by atoms with van der Waals surface area (Å²) in [5.74, 6) is 0. The van der Waals surface area contributed by atoms with Gasteiger partial charge in [0.2, 0.25) is 0 Å². The van der Waals surface area contributed by atoms with Crippen molar-refractivity contribution < 1.29 is 0 Å². The van der Waals surface area contributed by atoms with E-state index in [2.05, 4.69) is 30.7 Å². The molecule has 1 nitrogen and oxygen atoms in total. The first kappa shape index (κ1) is 7.76. The molecule has 0 amide bonds. The summed E-state index contributed by atoms with van der Waals surface area (Å²) >= 11 is 1.70. The van der Waals surface area contributed by atoms with E-state index in [1.165, 1.54) is 5.56 Å². The van der Waals surface area contributed by atoms with E-state index in [1.807, 2.05) is 0 Å². The summed E-state index contributed by atoms with van der Waals surface area (Å²) in [6.45, 7) is 4.17. The maximum absolute atomic E-state index is 5.99. The predicted molar refractivity (Wildman–Crippen MR) is 46.1 cm³/mol. The Kier molecular flexibility index (Phi) is 2.11. The van der Waals surface area contributed by atoms with Crippen LogP contribution in [0.2, 0.25) is 0 Å². The molecule has 0 aliphatic heterocycles. The number of rotatable bonds is 2. The molecular weight excluding hydrogens is 142 g/mol. The van der Waals surface area contributed by atoms with E-state index in [9.17, 15) is 0 Å². The first-order valence-electron chi connectivity index (χ1n) is 3.48. The van der Waals surface area contributed by atoms with Gasteiger partial charge in [-0.05, 0) is 35.7 Å². The Morgan fingerprint density at radius 3 is 2.80 bits per heavy atom. The van der Waals surface area contributed by atoms with Crippen LogP contribution in [0.3, 0.4) is 0 Å². The summed E-state index contributed by atoms with van der Waals surface area (Å²) < 4.78 is 0. The fraction of sp³-hybridized carbons (Fsp3) is 0.500. The van der Waals surface area contributed by atoms with Gasteiger partial charge < -0.3 is 5.73 Å². The molecule has 2 N–H and O–H groups in total. The molecule has 1 aromatic heterocycles. The van der Waals surface area contributed by atoms with Crippen molar-refractivity contribution in [2.75, 3.05) is 0 Å². The van der Waals surface area contributed by atoms with Gasteiger partial charge in [-0.3, -0.25) is 0 Å². The van der Waals surface area contributed by atoms with Crippen LogP contribution < -0.4 is 5.73 Å². The Hall–Kier alpha value is -0.340. The Labute approximate surface area is 65.9 Å². The molecule has 0 bridgehead atoms. The molecule has 0 unspecified atom stereocenters. The van der Waals surface area contributed by atoms with E-state index in [0.717, 1.165) is 6.42 Å². The summed E-state index contributed by atoms with van der Waals surface area (Å²) in [4.78, 5) is 0. The molecule has 56 valence electrons. The Balaban J connectivity index is 2.85. The second-order valence-corrected chi connectivity index (χ2v) is 3.56. The molecule has 0 fully saturated rings. The smallest absolute Gasteiger partial charge is 0.0386 e. The van der Waals surface area contributed by atoms with Gasteiger partial charge in [0.1, 0.15) is 0 Å². The van der Waals surface area contributed by atoms with Gasteiger partial charge in [0, 0.05) is 5.54 Å². The van der Waals surface area contributed by atoms with Crippen LogP contribution in [-0.4, -0.2) is 0 Å². The second-order valence-electron chi connectivity index (χ2n) is 2.78. The molecule has 0 spiro atoms. The zero-order chi connectivity index (χ0) is 7.61. The lowest BCUT2D eigenvalue weighted by Crippen LogP contribution is -2.31. The second kappa shape index (κ2) is 2.72. The van der Waals surface area contributed by atoms with Gasteiger partial charge >= 0.3 is 0 Å². The molecule has 0 radical (unpaired) electrons. The molecule has 0 saturated heterocycles. The van der Waals surface area contributed by atoms with E-state index < -0.39 is 0 Å². The van der Waals surface area contributed by atoms with Crippen molar-refractivity contribution >= 4 is 11.3 Å². The lowest BCUT2D eigenvalue weighted by molar-refractivity contribution is 0.478. The van der Waals surface area contributed by atoms with Crippen LogP contribution in [0.1, 0.15) is 25.8 Å². The van der Waals surface area contributed by atoms with Crippen LogP contribution >= 0.6 is 11.3 Å². The highest BCUT2D eigenvalue weighted by Gasteiger charge is 2.17. The number of hydrogen-bond acceptors (Lipinski definition) is 2. The highest BCUT2D eigenvalue weighted by molar-refractivity contribution is 7.08. The quantitative estimate of drug-likeness (QED) is 0.697. The summed E-state index contributed by atoms with van der Waals surface area (Å²) in [5.41, 5.74) is 7.11. The van der Waals surface area contributed by atoms with E-state index in [4.69, 9.17) is 5.73 Å². The topological polar surface area (TPSA) is 26.0 Å². The first-order chi connectivity index (χ1) is 4.67. The minimum atomic E-state index is -0.125. The van der Waals surface area contributed by atoms with Crippen molar-refractivity contribution in [3.63, 3.8) is 0 Å². The third-order valence-electron chi connectivity index (χ3n) is 1.92. The van der Waals surface area contributed by atoms with Gasteiger partial charge in [-0.15, -0.1) is 0 Å². The highest BCUT2D eigenvalue weighted by atomic mass is 32.1. The number of hydrogen-bond donors (Lipinski definition) is 1. The molecule has 1 aromatic rings. The molecule has 0 aliphatic rings. The van der Waals surface area contributed by atoms with Crippen LogP contribution in [0.15, 0.2) is 16.8 Å². The van der Waals surface area contributed by atoms with Gasteiger partial charge in [-0.2, -0.15) is 11.3 Å². The summed E-state index contributed by atoms with van der Waals surface area (Å²) in [6.07, 6.45) is 0.990. The zero-order valence-electron chi connectivity index (χ0n) is 6.42. The molecule has 1 atom stereocenters. The van der Waals surface area contributed by atoms with E-state index in [-0.39, 0.29) is 5.54 Å². The van der Waals surface area contributed by atoms with Crippen LogP contribution in [-0.2, 0) is 5.54 Å². The lowest BCUT2D eigenvalue weighted by atomic mass is 9.93. The molecule has 0 aromatic carbocycles. The summed E-state index contributed by atoms with van der Waals surface area (Å²) in [7, 11) is 0. The number of nitrogens with two attached hydrogens (primary N) is 1. The molecule has 0 aliphatic carbocycles. The van der Waals surface area contributed by atoms with Crippen LogP contribution in [0.4, 0.5) is 0 Å². The molecule has 0 saturated carbocycles. The summed E-state index contributed by atoms with van der Waals surface area (Å²) in [6, 6.07) is 2.09. The van der Waals surface area contributed by atoms with Crippen molar-refractivity contribution in [1.29, 1.82) is 0 Å². The van der Waals surface area contributed by atoms with Gasteiger partial charge in [0.25, 0.3) is 0 Å². The molecule has 1 rings (SSSR count). The average molecular weight is 155 g/mol. The fourth-order valence-electron chi connectivity index (χ4n) is 0.794. The van der Waals surface area contributed by atoms with Gasteiger partial charge in [-0.1, -0.05) is 6.92 Å². The van der Waals surface area contributed by atoms with Gasteiger partial charge in [0.05, 0.1) is 0 Å². The standard InChI is InChI=1S/C8H13NS/c1-3-8(2,9)7-4-5-10-6-7/h4-6H,3,9H2,1-2H3/t8-/m1/s1. The highest BCUT2D eigenvalue weighted by Crippen LogP contribution is 2.22. The van der Waals surface area contributed by atoms with Crippen molar-refractivity contribution in [3.05, 3.63) is 22.4 Å². The molecule has 2 heteroatoms. The van der Waals surface area contributed by atoms with E-state index >= 15 is 0 Å². The SMILES string of the molecule is CC[C@@](C)(N)c1ccsc1.